The number of rotatable bonds is 5. The standard InChI is InChI=1S/C15H22ClNO4S/c1-10(2)12-4-5-13(16)14(8-12)22(19,20)17-9-15(18)6-7-21-11(15)3/h4-5,8,10-11,17-18H,6-7,9H2,1-3H3/t11-,15+/m0/s1. The predicted octanol–water partition coefficient (Wildman–Crippen LogP) is 2.28. The van der Waals surface area contributed by atoms with Crippen LogP contribution < -0.4 is 4.72 Å². The van der Waals surface area contributed by atoms with Crippen molar-refractivity contribution in [1.29, 1.82) is 0 Å². The molecule has 7 heteroatoms. The first-order chi connectivity index (χ1) is 10.2. The lowest BCUT2D eigenvalue weighted by atomic mass is 9.97. The molecule has 2 rings (SSSR count). The quantitative estimate of drug-likeness (QED) is 0.856. The molecule has 0 spiro atoms. The Morgan fingerprint density at radius 2 is 2.18 bits per heavy atom. The number of hydrogen-bond donors (Lipinski definition) is 2. The smallest absolute Gasteiger partial charge is 0.242 e. The summed E-state index contributed by atoms with van der Waals surface area (Å²) in [6.07, 6.45) is -0.0103. The van der Waals surface area contributed by atoms with Gasteiger partial charge in [-0.3, -0.25) is 0 Å². The maximum Gasteiger partial charge on any atom is 0.242 e. The minimum absolute atomic E-state index is 0.0375. The van der Waals surface area contributed by atoms with Gasteiger partial charge >= 0.3 is 0 Å². The zero-order valence-electron chi connectivity index (χ0n) is 13.0. The third-order valence-electron chi connectivity index (χ3n) is 4.14. The van der Waals surface area contributed by atoms with Crippen LogP contribution in [0.3, 0.4) is 0 Å². The molecule has 5 nitrogen and oxygen atoms in total. The van der Waals surface area contributed by atoms with Crippen LogP contribution in [0.1, 0.15) is 38.7 Å². The van der Waals surface area contributed by atoms with Crippen molar-refractivity contribution < 1.29 is 18.3 Å². The van der Waals surface area contributed by atoms with Crippen LogP contribution in [0.25, 0.3) is 0 Å². The molecule has 0 saturated carbocycles. The maximum absolute atomic E-state index is 12.5. The van der Waals surface area contributed by atoms with E-state index in [2.05, 4.69) is 4.72 Å². The first-order valence-electron chi connectivity index (χ1n) is 7.29. The maximum atomic E-state index is 12.5. The second-order valence-electron chi connectivity index (χ2n) is 6.04. The van der Waals surface area contributed by atoms with Gasteiger partial charge in [0, 0.05) is 19.6 Å². The molecule has 1 aromatic carbocycles. The van der Waals surface area contributed by atoms with Crippen LogP contribution >= 0.6 is 11.6 Å². The third kappa shape index (κ3) is 3.63. The van der Waals surface area contributed by atoms with Crippen LogP contribution in [0, 0.1) is 0 Å². The third-order valence-corrected chi connectivity index (χ3v) is 6.02. The topological polar surface area (TPSA) is 75.6 Å². The van der Waals surface area contributed by atoms with Crippen molar-refractivity contribution in [1.82, 2.24) is 4.72 Å². The van der Waals surface area contributed by atoms with E-state index in [0.717, 1.165) is 5.56 Å². The zero-order chi connectivity index (χ0) is 16.5. The number of ether oxygens (including phenoxy) is 1. The normalized spacial score (nSPS) is 25.8. The van der Waals surface area contributed by atoms with Gasteiger partial charge in [-0.15, -0.1) is 0 Å². The Kier molecular flexibility index (Phi) is 5.19. The van der Waals surface area contributed by atoms with Gasteiger partial charge in [-0.2, -0.15) is 0 Å². The minimum Gasteiger partial charge on any atom is -0.386 e. The lowest BCUT2D eigenvalue weighted by molar-refractivity contribution is -0.0228. The molecule has 0 radical (unpaired) electrons. The van der Waals surface area contributed by atoms with E-state index in [4.69, 9.17) is 16.3 Å². The van der Waals surface area contributed by atoms with Crippen LogP contribution in [0.4, 0.5) is 0 Å². The minimum atomic E-state index is -3.79. The highest BCUT2D eigenvalue weighted by atomic mass is 35.5. The van der Waals surface area contributed by atoms with E-state index in [0.29, 0.717) is 13.0 Å². The molecule has 1 fully saturated rings. The Morgan fingerprint density at radius 1 is 1.50 bits per heavy atom. The molecular weight excluding hydrogens is 326 g/mol. The summed E-state index contributed by atoms with van der Waals surface area (Å²) in [6.45, 7) is 6.01. The van der Waals surface area contributed by atoms with E-state index in [1.165, 1.54) is 0 Å². The second kappa shape index (κ2) is 6.45. The second-order valence-corrected chi connectivity index (χ2v) is 8.18. The van der Waals surface area contributed by atoms with Gasteiger partial charge in [0.25, 0.3) is 0 Å². The van der Waals surface area contributed by atoms with E-state index >= 15 is 0 Å². The number of hydrogen-bond acceptors (Lipinski definition) is 4. The number of benzene rings is 1. The molecule has 1 aliphatic rings. The van der Waals surface area contributed by atoms with Crippen molar-refractivity contribution in [2.75, 3.05) is 13.2 Å². The monoisotopic (exact) mass is 347 g/mol. The lowest BCUT2D eigenvalue weighted by Crippen LogP contribution is -2.47. The summed E-state index contributed by atoms with van der Waals surface area (Å²) < 4.78 is 32.7. The highest BCUT2D eigenvalue weighted by molar-refractivity contribution is 7.89. The molecule has 2 atom stereocenters. The Balaban J connectivity index is 2.22. The van der Waals surface area contributed by atoms with Gasteiger partial charge in [0.1, 0.15) is 10.5 Å². The van der Waals surface area contributed by atoms with Crippen molar-refractivity contribution in [2.45, 2.75) is 49.7 Å². The van der Waals surface area contributed by atoms with Gasteiger partial charge in [-0.25, -0.2) is 13.1 Å². The van der Waals surface area contributed by atoms with E-state index < -0.39 is 21.7 Å². The van der Waals surface area contributed by atoms with Crippen molar-refractivity contribution in [3.8, 4) is 0 Å². The fourth-order valence-corrected chi connectivity index (χ4v) is 4.02. The zero-order valence-corrected chi connectivity index (χ0v) is 14.5. The molecule has 0 amide bonds. The van der Waals surface area contributed by atoms with Crippen molar-refractivity contribution in [3.63, 3.8) is 0 Å². The Hall–Kier alpha value is -0.660. The number of sulfonamides is 1. The molecular formula is C15H22ClNO4S. The number of aliphatic hydroxyl groups is 1. The lowest BCUT2D eigenvalue weighted by Gasteiger charge is -2.26. The molecule has 0 bridgehead atoms. The Labute approximate surface area is 136 Å². The molecule has 1 aromatic rings. The molecule has 0 aliphatic carbocycles. The van der Waals surface area contributed by atoms with Gasteiger partial charge in [-0.05, 0) is 30.5 Å². The summed E-state index contributed by atoms with van der Waals surface area (Å²) in [5, 5.41) is 10.6. The van der Waals surface area contributed by atoms with Crippen LogP contribution in [0.5, 0.6) is 0 Å². The van der Waals surface area contributed by atoms with Gasteiger partial charge in [0.05, 0.1) is 11.1 Å². The molecule has 2 N–H and O–H groups in total. The Bertz CT molecular complexity index is 647. The van der Waals surface area contributed by atoms with Crippen LogP contribution in [-0.2, 0) is 14.8 Å². The van der Waals surface area contributed by atoms with Crippen molar-refractivity contribution >= 4 is 21.6 Å². The summed E-state index contributed by atoms with van der Waals surface area (Å²) in [6, 6.07) is 4.97. The SMILES string of the molecule is CC(C)c1ccc(Cl)c(S(=O)(=O)NC[C@]2(O)CCO[C@H]2C)c1. The fourth-order valence-electron chi connectivity index (χ4n) is 2.39. The molecule has 1 heterocycles. The molecule has 22 heavy (non-hydrogen) atoms. The highest BCUT2D eigenvalue weighted by Crippen LogP contribution is 2.28. The van der Waals surface area contributed by atoms with E-state index in [9.17, 15) is 13.5 Å². The number of nitrogens with one attached hydrogen (secondary N) is 1. The van der Waals surface area contributed by atoms with Crippen LogP contribution in [0.15, 0.2) is 23.1 Å². The van der Waals surface area contributed by atoms with Gasteiger partial charge in [0.2, 0.25) is 10.0 Å². The van der Waals surface area contributed by atoms with Gasteiger partial charge in [-0.1, -0.05) is 31.5 Å². The molecule has 124 valence electrons. The van der Waals surface area contributed by atoms with Gasteiger partial charge < -0.3 is 9.84 Å². The van der Waals surface area contributed by atoms with Crippen molar-refractivity contribution in [2.24, 2.45) is 0 Å². The largest absolute Gasteiger partial charge is 0.386 e. The fraction of sp³-hybridized carbons (Fsp3) is 0.600. The Morgan fingerprint density at radius 3 is 2.73 bits per heavy atom. The number of halogens is 1. The van der Waals surface area contributed by atoms with E-state index in [1.807, 2.05) is 19.9 Å². The summed E-state index contributed by atoms with van der Waals surface area (Å²) in [5.74, 6) is 0.193. The first-order valence-corrected chi connectivity index (χ1v) is 9.15. The average molecular weight is 348 g/mol. The summed E-state index contributed by atoms with van der Waals surface area (Å²) in [5.41, 5.74) is -0.295. The molecule has 0 unspecified atom stereocenters. The van der Waals surface area contributed by atoms with Crippen molar-refractivity contribution in [3.05, 3.63) is 28.8 Å². The highest BCUT2D eigenvalue weighted by Gasteiger charge is 2.40. The molecule has 1 aliphatic heterocycles. The summed E-state index contributed by atoms with van der Waals surface area (Å²) in [4.78, 5) is 0.0375. The van der Waals surface area contributed by atoms with Crippen LogP contribution in [-0.4, -0.2) is 38.4 Å². The predicted molar refractivity (Wildman–Crippen MR) is 85.7 cm³/mol. The van der Waals surface area contributed by atoms with Crippen LogP contribution in [0.2, 0.25) is 5.02 Å². The average Bonchev–Trinajstić information content (AvgIpc) is 2.77. The molecule has 0 aromatic heterocycles. The summed E-state index contributed by atoms with van der Waals surface area (Å²) in [7, 11) is -3.79. The van der Waals surface area contributed by atoms with E-state index in [-0.39, 0.29) is 22.4 Å². The first kappa shape index (κ1) is 17.7. The molecule has 1 saturated heterocycles. The summed E-state index contributed by atoms with van der Waals surface area (Å²) >= 11 is 6.04. The van der Waals surface area contributed by atoms with Gasteiger partial charge in [0.15, 0.2) is 0 Å². The van der Waals surface area contributed by atoms with E-state index in [1.54, 1.807) is 19.1 Å².